The van der Waals surface area contributed by atoms with Gasteiger partial charge in [0.05, 0.1) is 11.7 Å². The van der Waals surface area contributed by atoms with Gasteiger partial charge in [0.15, 0.2) is 0 Å². The first kappa shape index (κ1) is 16.4. The van der Waals surface area contributed by atoms with E-state index in [2.05, 4.69) is 35.1 Å². The molecule has 0 spiro atoms. The summed E-state index contributed by atoms with van der Waals surface area (Å²) in [5.74, 6) is 3.40. The van der Waals surface area contributed by atoms with Gasteiger partial charge in [-0.25, -0.2) is 15.0 Å². The molecule has 0 radical (unpaired) electrons. The third-order valence-electron chi connectivity index (χ3n) is 4.47. The minimum Gasteiger partial charge on any atom is -0.354 e. The lowest BCUT2D eigenvalue weighted by Gasteiger charge is -2.36. The van der Waals surface area contributed by atoms with Crippen LogP contribution in [0.2, 0.25) is 0 Å². The Kier molecular flexibility index (Phi) is 4.47. The number of anilines is 3. The average Bonchev–Trinajstić information content (AvgIpc) is 2.68. The van der Waals surface area contributed by atoms with Crippen LogP contribution in [0.15, 0.2) is 30.7 Å². The Bertz CT molecular complexity index is 905. The van der Waals surface area contributed by atoms with E-state index < -0.39 is 0 Å². The van der Waals surface area contributed by atoms with Crippen molar-refractivity contribution in [3.63, 3.8) is 0 Å². The molecule has 0 aliphatic carbocycles. The van der Waals surface area contributed by atoms with Crippen LogP contribution in [0, 0.1) is 6.92 Å². The van der Waals surface area contributed by atoms with Gasteiger partial charge in [0, 0.05) is 50.5 Å². The molecular weight excluding hydrogens is 328 g/mol. The second-order valence-electron chi connectivity index (χ2n) is 6.23. The van der Waals surface area contributed by atoms with E-state index in [0.29, 0.717) is 5.95 Å². The van der Waals surface area contributed by atoms with E-state index in [1.807, 2.05) is 26.0 Å². The van der Waals surface area contributed by atoms with Crippen molar-refractivity contribution < 1.29 is 0 Å². The highest BCUT2D eigenvalue weighted by atomic mass is 15.3. The first-order chi connectivity index (χ1) is 12.7. The molecule has 0 bridgehead atoms. The fourth-order valence-corrected chi connectivity index (χ4v) is 3.23. The molecule has 8 heteroatoms. The largest absolute Gasteiger partial charge is 0.354 e. The number of hydrogen-bond donors (Lipinski definition) is 1. The van der Waals surface area contributed by atoms with Crippen molar-refractivity contribution in [1.29, 1.82) is 0 Å². The molecule has 1 saturated heterocycles. The summed E-state index contributed by atoms with van der Waals surface area (Å²) in [5, 5.41) is 4.22. The topological polar surface area (TPSA) is 83.0 Å². The minimum atomic E-state index is 0.678. The van der Waals surface area contributed by atoms with Crippen molar-refractivity contribution in [3.8, 4) is 0 Å². The number of hydrogen-bond acceptors (Lipinski definition) is 8. The molecule has 134 valence electrons. The van der Waals surface area contributed by atoms with Gasteiger partial charge in [-0.05, 0) is 26.0 Å². The van der Waals surface area contributed by atoms with Crippen LogP contribution in [0.25, 0.3) is 10.9 Å². The fraction of sp³-hybridized carbons (Fsp3) is 0.389. The summed E-state index contributed by atoms with van der Waals surface area (Å²) in [6.45, 7) is 8.32. The van der Waals surface area contributed by atoms with Gasteiger partial charge in [0.1, 0.15) is 17.5 Å². The third kappa shape index (κ3) is 3.22. The third-order valence-corrected chi connectivity index (χ3v) is 4.47. The van der Waals surface area contributed by atoms with Gasteiger partial charge in [-0.1, -0.05) is 0 Å². The molecular formula is C18H22N8. The van der Waals surface area contributed by atoms with E-state index in [0.717, 1.165) is 61.1 Å². The molecule has 4 heterocycles. The predicted molar refractivity (Wildman–Crippen MR) is 103 cm³/mol. The average molecular weight is 350 g/mol. The molecule has 0 amide bonds. The first-order valence-corrected chi connectivity index (χ1v) is 8.90. The molecule has 1 aliphatic rings. The maximum Gasteiger partial charge on any atom is 0.224 e. The zero-order chi connectivity index (χ0) is 17.9. The Morgan fingerprint density at radius 1 is 1.00 bits per heavy atom. The quantitative estimate of drug-likeness (QED) is 0.764. The minimum absolute atomic E-state index is 0.678. The van der Waals surface area contributed by atoms with Crippen molar-refractivity contribution in [3.05, 3.63) is 36.5 Å². The standard InChI is InChI=1S/C18H22N8/c1-3-20-18-21-7-5-16(24-18)25-8-10-26(11-9-25)17-14-4-6-19-12-15(14)22-13(2)23-17/h4-7,12H,3,8-11H2,1-2H3,(H,20,21,24). The number of piperazine rings is 1. The Hall–Kier alpha value is -3.03. The van der Waals surface area contributed by atoms with Crippen LogP contribution in [-0.4, -0.2) is 57.6 Å². The zero-order valence-corrected chi connectivity index (χ0v) is 15.1. The SMILES string of the molecule is CCNc1nccc(N2CCN(c3nc(C)nc4cnccc34)CC2)n1. The summed E-state index contributed by atoms with van der Waals surface area (Å²) in [5.41, 5.74) is 0.892. The van der Waals surface area contributed by atoms with Gasteiger partial charge in [0.2, 0.25) is 5.95 Å². The van der Waals surface area contributed by atoms with Crippen LogP contribution in [0.5, 0.6) is 0 Å². The number of nitrogens with one attached hydrogen (secondary N) is 1. The van der Waals surface area contributed by atoms with Crippen molar-refractivity contribution in [2.75, 3.05) is 47.8 Å². The second-order valence-corrected chi connectivity index (χ2v) is 6.23. The zero-order valence-electron chi connectivity index (χ0n) is 15.1. The van der Waals surface area contributed by atoms with E-state index in [1.54, 1.807) is 18.6 Å². The highest BCUT2D eigenvalue weighted by Gasteiger charge is 2.21. The number of rotatable bonds is 4. The number of aryl methyl sites for hydroxylation is 1. The summed E-state index contributed by atoms with van der Waals surface area (Å²) in [7, 11) is 0. The van der Waals surface area contributed by atoms with Crippen molar-refractivity contribution >= 4 is 28.5 Å². The van der Waals surface area contributed by atoms with Crippen LogP contribution < -0.4 is 15.1 Å². The Morgan fingerprint density at radius 2 is 1.81 bits per heavy atom. The Labute approximate surface area is 152 Å². The normalized spacial score (nSPS) is 14.7. The predicted octanol–water partition coefficient (Wildman–Crippen LogP) is 1.88. The van der Waals surface area contributed by atoms with Gasteiger partial charge < -0.3 is 15.1 Å². The molecule has 1 aliphatic heterocycles. The van der Waals surface area contributed by atoms with E-state index in [-0.39, 0.29) is 0 Å². The van der Waals surface area contributed by atoms with Gasteiger partial charge >= 0.3 is 0 Å². The van der Waals surface area contributed by atoms with Crippen molar-refractivity contribution in [1.82, 2.24) is 24.9 Å². The van der Waals surface area contributed by atoms with E-state index in [9.17, 15) is 0 Å². The number of nitrogens with zero attached hydrogens (tertiary/aromatic N) is 7. The lowest BCUT2D eigenvalue weighted by atomic mass is 10.2. The Morgan fingerprint density at radius 3 is 2.62 bits per heavy atom. The highest BCUT2D eigenvalue weighted by molar-refractivity contribution is 5.88. The summed E-state index contributed by atoms with van der Waals surface area (Å²) >= 11 is 0. The van der Waals surface area contributed by atoms with Crippen LogP contribution in [-0.2, 0) is 0 Å². The molecule has 4 rings (SSSR count). The lowest BCUT2D eigenvalue weighted by molar-refractivity contribution is 0.642. The molecule has 1 N–H and O–H groups in total. The highest BCUT2D eigenvalue weighted by Crippen LogP contribution is 2.25. The number of aromatic nitrogens is 5. The summed E-state index contributed by atoms with van der Waals surface area (Å²) in [6.07, 6.45) is 5.40. The summed E-state index contributed by atoms with van der Waals surface area (Å²) in [6, 6.07) is 3.95. The molecule has 0 unspecified atom stereocenters. The van der Waals surface area contributed by atoms with Gasteiger partial charge in [-0.15, -0.1) is 0 Å². The van der Waals surface area contributed by atoms with Gasteiger partial charge in [-0.3, -0.25) is 4.98 Å². The van der Waals surface area contributed by atoms with Gasteiger partial charge in [0.25, 0.3) is 0 Å². The summed E-state index contributed by atoms with van der Waals surface area (Å²) in [4.78, 5) is 26.8. The molecule has 3 aromatic rings. The molecule has 26 heavy (non-hydrogen) atoms. The molecule has 8 nitrogen and oxygen atoms in total. The molecule has 0 atom stereocenters. The molecule has 0 aromatic carbocycles. The summed E-state index contributed by atoms with van der Waals surface area (Å²) < 4.78 is 0. The monoisotopic (exact) mass is 350 g/mol. The first-order valence-electron chi connectivity index (χ1n) is 8.90. The van der Waals surface area contributed by atoms with Crippen LogP contribution in [0.4, 0.5) is 17.6 Å². The molecule has 0 saturated carbocycles. The molecule has 3 aromatic heterocycles. The van der Waals surface area contributed by atoms with E-state index in [4.69, 9.17) is 4.98 Å². The Balaban J connectivity index is 1.53. The number of pyridine rings is 1. The van der Waals surface area contributed by atoms with Crippen LogP contribution >= 0.6 is 0 Å². The smallest absolute Gasteiger partial charge is 0.224 e. The lowest BCUT2D eigenvalue weighted by Crippen LogP contribution is -2.47. The van der Waals surface area contributed by atoms with Crippen molar-refractivity contribution in [2.45, 2.75) is 13.8 Å². The van der Waals surface area contributed by atoms with Gasteiger partial charge in [-0.2, -0.15) is 4.98 Å². The second kappa shape index (κ2) is 7.07. The number of fused-ring (bicyclic) bond motifs is 1. The molecule has 1 fully saturated rings. The van der Waals surface area contributed by atoms with E-state index >= 15 is 0 Å². The maximum absolute atomic E-state index is 4.69. The maximum atomic E-state index is 4.69. The van der Waals surface area contributed by atoms with Crippen molar-refractivity contribution in [2.24, 2.45) is 0 Å². The fourth-order valence-electron chi connectivity index (χ4n) is 3.23. The van der Waals surface area contributed by atoms with E-state index in [1.165, 1.54) is 0 Å². The van der Waals surface area contributed by atoms with Crippen LogP contribution in [0.3, 0.4) is 0 Å². The van der Waals surface area contributed by atoms with Crippen LogP contribution in [0.1, 0.15) is 12.7 Å².